The van der Waals surface area contributed by atoms with Crippen LogP contribution in [0.2, 0.25) is 0 Å². The van der Waals surface area contributed by atoms with Crippen LogP contribution in [-0.2, 0) is 10.0 Å². The lowest BCUT2D eigenvalue weighted by Crippen LogP contribution is -2.39. The Balaban J connectivity index is 1.64. The lowest BCUT2D eigenvalue weighted by Gasteiger charge is -2.30. The number of H-pyrrole nitrogens is 1. The van der Waals surface area contributed by atoms with Gasteiger partial charge in [-0.25, -0.2) is 12.7 Å². The first kappa shape index (κ1) is 15.9. The Morgan fingerprint density at radius 2 is 2.13 bits per heavy atom. The minimum Gasteiger partial charge on any atom is -0.491 e. The SMILES string of the molecule is CS(=O)(=O)N1CCC(COc2ccc(C=O)c3cn[nH]c23)CC1. The fourth-order valence-electron chi connectivity index (χ4n) is 2.87. The number of rotatable bonds is 5. The highest BCUT2D eigenvalue weighted by atomic mass is 32.2. The highest BCUT2D eigenvalue weighted by molar-refractivity contribution is 7.88. The third kappa shape index (κ3) is 3.37. The molecular formula is C15H19N3O4S. The average Bonchev–Trinajstić information content (AvgIpc) is 3.02. The van der Waals surface area contributed by atoms with Crippen LogP contribution in [0.1, 0.15) is 23.2 Å². The summed E-state index contributed by atoms with van der Waals surface area (Å²) in [6, 6.07) is 3.47. The lowest BCUT2D eigenvalue weighted by molar-refractivity contribution is 0.112. The number of sulfonamides is 1. The fourth-order valence-corrected chi connectivity index (χ4v) is 3.74. The van der Waals surface area contributed by atoms with Crippen LogP contribution in [0.3, 0.4) is 0 Å². The predicted molar refractivity (Wildman–Crippen MR) is 86.1 cm³/mol. The van der Waals surface area contributed by atoms with E-state index in [2.05, 4.69) is 10.2 Å². The predicted octanol–water partition coefficient (Wildman–Crippen LogP) is 1.43. The Morgan fingerprint density at radius 3 is 2.78 bits per heavy atom. The number of fused-ring (bicyclic) bond motifs is 1. The zero-order valence-corrected chi connectivity index (χ0v) is 13.7. The first-order valence-electron chi connectivity index (χ1n) is 7.48. The molecule has 1 aromatic heterocycles. The van der Waals surface area contributed by atoms with E-state index in [1.807, 2.05) is 0 Å². The second-order valence-corrected chi connectivity index (χ2v) is 7.83. The van der Waals surface area contributed by atoms with Crippen molar-refractivity contribution in [3.05, 3.63) is 23.9 Å². The molecule has 0 bridgehead atoms. The molecule has 0 radical (unpaired) electrons. The fraction of sp³-hybridized carbons (Fsp3) is 0.467. The van der Waals surface area contributed by atoms with Gasteiger partial charge < -0.3 is 4.74 Å². The Kier molecular flexibility index (Phi) is 4.36. The second kappa shape index (κ2) is 6.29. The maximum Gasteiger partial charge on any atom is 0.211 e. The van der Waals surface area contributed by atoms with Crippen molar-refractivity contribution >= 4 is 27.2 Å². The molecule has 2 aromatic rings. The topological polar surface area (TPSA) is 92.4 Å². The number of nitrogens with one attached hydrogen (secondary N) is 1. The number of benzene rings is 1. The number of hydrogen-bond acceptors (Lipinski definition) is 5. The summed E-state index contributed by atoms with van der Waals surface area (Å²) in [7, 11) is -3.10. The number of piperidine rings is 1. The minimum atomic E-state index is -3.10. The van der Waals surface area contributed by atoms with Gasteiger partial charge in [0.05, 0.1) is 19.1 Å². The van der Waals surface area contributed by atoms with Gasteiger partial charge in [-0.2, -0.15) is 5.10 Å². The van der Waals surface area contributed by atoms with Crippen LogP contribution < -0.4 is 4.74 Å². The highest BCUT2D eigenvalue weighted by Crippen LogP contribution is 2.27. The molecule has 1 aromatic carbocycles. The van der Waals surface area contributed by atoms with Gasteiger partial charge in [-0.3, -0.25) is 9.89 Å². The monoisotopic (exact) mass is 337 g/mol. The van der Waals surface area contributed by atoms with E-state index in [1.54, 1.807) is 18.3 Å². The Morgan fingerprint density at radius 1 is 1.39 bits per heavy atom. The summed E-state index contributed by atoms with van der Waals surface area (Å²) < 4.78 is 30.4. The van der Waals surface area contributed by atoms with E-state index >= 15 is 0 Å². The quantitative estimate of drug-likeness (QED) is 0.833. The highest BCUT2D eigenvalue weighted by Gasteiger charge is 2.25. The molecule has 23 heavy (non-hydrogen) atoms. The standard InChI is InChI=1S/C15H19N3O4S/c1-23(20,21)18-6-4-11(5-7-18)10-22-14-3-2-12(9-19)13-8-16-17-15(13)14/h2-3,8-9,11H,4-7,10H2,1H3,(H,16,17). The first-order valence-corrected chi connectivity index (χ1v) is 9.33. The van der Waals surface area contributed by atoms with Crippen molar-refractivity contribution in [2.24, 2.45) is 5.92 Å². The van der Waals surface area contributed by atoms with Crippen LogP contribution >= 0.6 is 0 Å². The van der Waals surface area contributed by atoms with Crippen LogP contribution in [0.15, 0.2) is 18.3 Å². The third-order valence-corrected chi connectivity index (χ3v) is 5.56. The number of carbonyl (C=O) groups excluding carboxylic acids is 1. The summed E-state index contributed by atoms with van der Waals surface area (Å²) in [5.74, 6) is 0.977. The molecule has 7 nitrogen and oxygen atoms in total. The summed E-state index contributed by atoms with van der Waals surface area (Å²) in [5, 5.41) is 7.56. The van der Waals surface area contributed by atoms with Crippen LogP contribution in [0.4, 0.5) is 0 Å². The molecule has 0 spiro atoms. The molecule has 0 atom stereocenters. The molecule has 0 unspecified atom stereocenters. The van der Waals surface area contributed by atoms with E-state index in [9.17, 15) is 13.2 Å². The maximum absolute atomic E-state index is 11.5. The number of aldehydes is 1. The van der Waals surface area contributed by atoms with Crippen molar-refractivity contribution in [2.75, 3.05) is 26.0 Å². The van der Waals surface area contributed by atoms with Gasteiger partial charge in [0.1, 0.15) is 11.3 Å². The number of carbonyl (C=O) groups is 1. The Bertz CT molecular complexity index is 807. The van der Waals surface area contributed by atoms with Gasteiger partial charge in [0.2, 0.25) is 10.0 Å². The lowest BCUT2D eigenvalue weighted by atomic mass is 9.99. The number of ether oxygens (including phenoxy) is 1. The van der Waals surface area contributed by atoms with E-state index < -0.39 is 10.0 Å². The zero-order valence-electron chi connectivity index (χ0n) is 12.9. The van der Waals surface area contributed by atoms with Gasteiger partial charge in [0.25, 0.3) is 0 Å². The van der Waals surface area contributed by atoms with Gasteiger partial charge in [-0.15, -0.1) is 0 Å². The van der Waals surface area contributed by atoms with E-state index in [-0.39, 0.29) is 0 Å². The van der Waals surface area contributed by atoms with Gasteiger partial charge in [0.15, 0.2) is 6.29 Å². The van der Waals surface area contributed by atoms with Gasteiger partial charge in [-0.1, -0.05) is 0 Å². The molecule has 2 heterocycles. The molecule has 0 saturated carbocycles. The van der Waals surface area contributed by atoms with E-state index in [0.29, 0.717) is 42.4 Å². The molecule has 0 amide bonds. The van der Waals surface area contributed by atoms with Crippen molar-refractivity contribution in [2.45, 2.75) is 12.8 Å². The van der Waals surface area contributed by atoms with Crippen molar-refractivity contribution in [1.29, 1.82) is 0 Å². The Labute approximate surface area is 134 Å². The van der Waals surface area contributed by atoms with Gasteiger partial charge in [-0.05, 0) is 30.9 Å². The van der Waals surface area contributed by atoms with Gasteiger partial charge in [0, 0.05) is 24.0 Å². The average molecular weight is 337 g/mol. The third-order valence-electron chi connectivity index (χ3n) is 4.26. The summed E-state index contributed by atoms with van der Waals surface area (Å²) >= 11 is 0. The van der Waals surface area contributed by atoms with Crippen molar-refractivity contribution in [3.8, 4) is 5.75 Å². The summed E-state index contributed by atoms with van der Waals surface area (Å²) in [6.45, 7) is 1.60. The number of hydrogen-bond donors (Lipinski definition) is 1. The maximum atomic E-state index is 11.5. The molecule has 1 N–H and O–H groups in total. The van der Waals surface area contributed by atoms with E-state index in [0.717, 1.165) is 24.5 Å². The van der Waals surface area contributed by atoms with Crippen LogP contribution in [0.25, 0.3) is 10.9 Å². The van der Waals surface area contributed by atoms with Crippen molar-refractivity contribution < 1.29 is 17.9 Å². The normalized spacial score (nSPS) is 17.4. The molecule has 3 rings (SSSR count). The first-order chi connectivity index (χ1) is 11.0. The number of nitrogens with zero attached hydrogens (tertiary/aromatic N) is 2. The van der Waals surface area contributed by atoms with Crippen LogP contribution in [-0.4, -0.2) is 55.2 Å². The molecule has 1 aliphatic heterocycles. The molecular weight excluding hydrogens is 318 g/mol. The Hall–Kier alpha value is -1.93. The van der Waals surface area contributed by atoms with E-state index in [4.69, 9.17) is 4.74 Å². The molecule has 8 heteroatoms. The molecule has 124 valence electrons. The van der Waals surface area contributed by atoms with Crippen LogP contribution in [0, 0.1) is 5.92 Å². The van der Waals surface area contributed by atoms with Crippen molar-refractivity contribution in [3.63, 3.8) is 0 Å². The number of aromatic amines is 1. The van der Waals surface area contributed by atoms with Crippen LogP contribution in [0.5, 0.6) is 5.75 Å². The summed E-state index contributed by atoms with van der Waals surface area (Å²) in [4.78, 5) is 11.0. The van der Waals surface area contributed by atoms with Crippen molar-refractivity contribution in [1.82, 2.24) is 14.5 Å². The number of aromatic nitrogens is 2. The summed E-state index contributed by atoms with van der Waals surface area (Å²) in [5.41, 5.74) is 1.28. The minimum absolute atomic E-state index is 0.316. The van der Waals surface area contributed by atoms with E-state index in [1.165, 1.54) is 10.6 Å². The molecule has 1 fully saturated rings. The largest absolute Gasteiger partial charge is 0.491 e. The molecule has 1 aliphatic rings. The molecule has 0 aliphatic carbocycles. The summed E-state index contributed by atoms with van der Waals surface area (Å²) in [6.07, 6.45) is 5.21. The van der Waals surface area contributed by atoms with Gasteiger partial charge >= 0.3 is 0 Å². The second-order valence-electron chi connectivity index (χ2n) is 5.85. The zero-order chi connectivity index (χ0) is 16.4. The molecule has 1 saturated heterocycles. The smallest absolute Gasteiger partial charge is 0.211 e.